The summed E-state index contributed by atoms with van der Waals surface area (Å²) in [4.78, 5) is 12.3. The van der Waals surface area contributed by atoms with Crippen LogP contribution in [0.2, 0.25) is 0 Å². The quantitative estimate of drug-likeness (QED) is 0.557. The molecule has 2 rings (SSSR count). The van der Waals surface area contributed by atoms with Crippen molar-refractivity contribution in [3.63, 3.8) is 0 Å². The lowest BCUT2D eigenvalue weighted by Gasteiger charge is -2.32. The summed E-state index contributed by atoms with van der Waals surface area (Å²) in [5, 5.41) is 0. The van der Waals surface area contributed by atoms with Crippen LogP contribution in [-0.4, -0.2) is 31.6 Å². The number of carbonyl (C=O) groups excluding carboxylic acids is 1. The standard InChI is InChI=1S/C14H12BF6NO/c15-12(23)22-3-1-8(2-4-22)9-5-10(13(16,17)18)7-11(6-9)14(19,20)21/h5-8H,1-4H2. The molecule has 2 nitrogen and oxygen atoms in total. The summed E-state index contributed by atoms with van der Waals surface area (Å²) >= 11 is 0. The highest BCUT2D eigenvalue weighted by Crippen LogP contribution is 2.39. The van der Waals surface area contributed by atoms with Gasteiger partial charge in [-0.3, -0.25) is 4.79 Å². The number of rotatable bonds is 1. The lowest BCUT2D eigenvalue weighted by Crippen LogP contribution is -2.37. The van der Waals surface area contributed by atoms with Crippen molar-refractivity contribution in [2.45, 2.75) is 31.1 Å². The lowest BCUT2D eigenvalue weighted by molar-refractivity contribution is -0.143. The number of hydrogen-bond acceptors (Lipinski definition) is 1. The smallest absolute Gasteiger partial charge is 0.353 e. The SMILES string of the molecule is [B]C(=O)N1CCC(c2cc(C(F)(F)F)cc(C(F)(F)F)c2)CC1. The number of carbonyl (C=O) groups is 1. The van der Waals surface area contributed by atoms with Gasteiger partial charge in [-0.1, -0.05) is 0 Å². The molecule has 0 spiro atoms. The van der Waals surface area contributed by atoms with E-state index in [4.69, 9.17) is 7.85 Å². The summed E-state index contributed by atoms with van der Waals surface area (Å²) in [5.74, 6) is -1.13. The zero-order chi connectivity index (χ0) is 17.4. The van der Waals surface area contributed by atoms with Gasteiger partial charge in [0.25, 0.3) is 0 Å². The molecule has 0 N–H and O–H groups in total. The van der Waals surface area contributed by atoms with Gasteiger partial charge in [0.2, 0.25) is 7.85 Å². The molecule has 1 aromatic carbocycles. The summed E-state index contributed by atoms with van der Waals surface area (Å²) in [7, 11) is 5.10. The van der Waals surface area contributed by atoms with E-state index >= 15 is 0 Å². The Bertz CT molecular complexity index is 558. The zero-order valence-electron chi connectivity index (χ0n) is 11.8. The molecule has 1 heterocycles. The first kappa shape index (κ1) is 17.7. The van der Waals surface area contributed by atoms with Crippen molar-refractivity contribution in [2.75, 3.05) is 13.1 Å². The molecule has 0 atom stereocenters. The molecule has 0 unspecified atom stereocenters. The van der Waals surface area contributed by atoms with Gasteiger partial charge in [-0.15, -0.1) is 0 Å². The highest BCUT2D eigenvalue weighted by Gasteiger charge is 2.37. The third-order valence-corrected chi connectivity index (χ3v) is 3.89. The molecule has 1 amide bonds. The zero-order valence-corrected chi connectivity index (χ0v) is 11.8. The molecule has 124 valence electrons. The molecule has 0 aromatic heterocycles. The Morgan fingerprint density at radius 3 is 1.74 bits per heavy atom. The first-order chi connectivity index (χ1) is 10.5. The Kier molecular flexibility index (Phi) is 4.68. The summed E-state index contributed by atoms with van der Waals surface area (Å²) in [6.07, 6.45) is -9.18. The topological polar surface area (TPSA) is 20.3 Å². The molecule has 23 heavy (non-hydrogen) atoms. The molecule has 9 heteroatoms. The highest BCUT2D eigenvalue weighted by atomic mass is 19.4. The van der Waals surface area contributed by atoms with Gasteiger partial charge >= 0.3 is 12.4 Å². The minimum absolute atomic E-state index is 0.0173. The molecule has 2 radical (unpaired) electrons. The lowest BCUT2D eigenvalue weighted by atomic mass is 9.86. The van der Waals surface area contributed by atoms with Crippen LogP contribution in [0, 0.1) is 0 Å². The Morgan fingerprint density at radius 1 is 0.957 bits per heavy atom. The normalized spacial score (nSPS) is 17.4. The van der Waals surface area contributed by atoms with Crippen LogP contribution in [0.3, 0.4) is 0 Å². The monoisotopic (exact) mass is 335 g/mol. The highest BCUT2D eigenvalue weighted by molar-refractivity contribution is 6.56. The van der Waals surface area contributed by atoms with Crippen molar-refractivity contribution >= 4 is 13.7 Å². The summed E-state index contributed by atoms with van der Waals surface area (Å²) < 4.78 is 77.0. The number of likely N-dealkylation sites (tertiary alicyclic amines) is 1. The third kappa shape index (κ3) is 4.20. The van der Waals surface area contributed by atoms with Crippen molar-refractivity contribution in [3.8, 4) is 0 Å². The Hall–Kier alpha value is -1.67. The Labute approximate surface area is 129 Å². The van der Waals surface area contributed by atoms with Crippen LogP contribution in [0.1, 0.15) is 35.4 Å². The molecular formula is C14H12BF6NO. The van der Waals surface area contributed by atoms with E-state index in [9.17, 15) is 31.1 Å². The first-order valence-electron chi connectivity index (χ1n) is 6.82. The van der Waals surface area contributed by atoms with E-state index in [-0.39, 0.29) is 37.6 Å². The Morgan fingerprint density at radius 2 is 1.39 bits per heavy atom. The van der Waals surface area contributed by atoms with E-state index in [0.717, 1.165) is 12.1 Å². The van der Waals surface area contributed by atoms with Crippen LogP contribution in [0.5, 0.6) is 0 Å². The van der Waals surface area contributed by atoms with Crippen LogP contribution >= 0.6 is 0 Å². The van der Waals surface area contributed by atoms with Gasteiger partial charge in [-0.05, 0) is 42.5 Å². The predicted octanol–water partition coefficient (Wildman–Crippen LogP) is 4.19. The van der Waals surface area contributed by atoms with Crippen LogP contribution in [-0.2, 0) is 12.4 Å². The number of halogens is 6. The van der Waals surface area contributed by atoms with Crippen LogP contribution in [0.25, 0.3) is 0 Å². The third-order valence-electron chi connectivity index (χ3n) is 3.89. The molecular weight excluding hydrogens is 323 g/mol. The summed E-state index contributed by atoms with van der Waals surface area (Å²) in [6.45, 7) is 0.412. The second-order valence-corrected chi connectivity index (χ2v) is 5.44. The van der Waals surface area contributed by atoms with Gasteiger partial charge in [-0.2, -0.15) is 26.3 Å². The first-order valence-corrected chi connectivity index (χ1v) is 6.82. The largest absolute Gasteiger partial charge is 0.416 e. The molecule has 1 aliphatic heterocycles. The van der Waals surface area contributed by atoms with Gasteiger partial charge in [0.05, 0.1) is 11.1 Å². The molecule has 1 aliphatic rings. The van der Waals surface area contributed by atoms with Crippen molar-refractivity contribution in [3.05, 3.63) is 34.9 Å². The van der Waals surface area contributed by atoms with Gasteiger partial charge in [0.1, 0.15) is 0 Å². The fraction of sp³-hybridized carbons (Fsp3) is 0.500. The molecule has 0 bridgehead atoms. The molecule has 1 saturated heterocycles. The van der Waals surface area contributed by atoms with Crippen molar-refractivity contribution in [1.29, 1.82) is 0 Å². The Balaban J connectivity index is 2.33. The van der Waals surface area contributed by atoms with Crippen LogP contribution < -0.4 is 0 Å². The maximum absolute atomic E-state index is 12.8. The van der Waals surface area contributed by atoms with Gasteiger partial charge in [0.15, 0.2) is 5.81 Å². The number of nitrogens with zero attached hydrogens (tertiary/aromatic N) is 1. The van der Waals surface area contributed by atoms with Gasteiger partial charge < -0.3 is 4.90 Å². The maximum atomic E-state index is 12.8. The number of hydrogen-bond donors (Lipinski definition) is 0. The fourth-order valence-electron chi connectivity index (χ4n) is 2.65. The average Bonchev–Trinajstić information content (AvgIpc) is 2.45. The van der Waals surface area contributed by atoms with Crippen molar-refractivity contribution < 1.29 is 31.1 Å². The van der Waals surface area contributed by atoms with E-state index < -0.39 is 35.2 Å². The van der Waals surface area contributed by atoms with Crippen molar-refractivity contribution in [1.82, 2.24) is 4.90 Å². The summed E-state index contributed by atoms with van der Waals surface area (Å²) in [6, 6.07) is 1.61. The second-order valence-electron chi connectivity index (χ2n) is 5.44. The van der Waals surface area contributed by atoms with Gasteiger partial charge in [-0.25, -0.2) is 0 Å². The number of amides is 1. The van der Waals surface area contributed by atoms with Crippen LogP contribution in [0.15, 0.2) is 18.2 Å². The van der Waals surface area contributed by atoms with E-state index in [2.05, 4.69) is 0 Å². The molecule has 1 fully saturated rings. The number of alkyl halides is 6. The van der Waals surface area contributed by atoms with E-state index in [1.807, 2.05) is 0 Å². The molecule has 1 aromatic rings. The summed E-state index contributed by atoms with van der Waals surface area (Å²) in [5.41, 5.74) is -2.66. The minimum atomic E-state index is -4.86. The second kappa shape index (κ2) is 6.09. The average molecular weight is 335 g/mol. The van der Waals surface area contributed by atoms with E-state index in [1.54, 1.807) is 0 Å². The predicted molar refractivity (Wildman–Crippen MR) is 71.1 cm³/mol. The van der Waals surface area contributed by atoms with Crippen LogP contribution in [0.4, 0.5) is 31.1 Å². The number of benzene rings is 1. The van der Waals surface area contributed by atoms with Gasteiger partial charge in [0, 0.05) is 13.1 Å². The molecule has 0 saturated carbocycles. The molecule has 0 aliphatic carbocycles. The number of piperidine rings is 1. The van der Waals surface area contributed by atoms with E-state index in [0.29, 0.717) is 0 Å². The minimum Gasteiger partial charge on any atom is -0.353 e. The van der Waals surface area contributed by atoms with Crippen molar-refractivity contribution in [2.24, 2.45) is 0 Å². The maximum Gasteiger partial charge on any atom is 0.416 e. The fourth-order valence-corrected chi connectivity index (χ4v) is 2.65. The van der Waals surface area contributed by atoms with E-state index in [1.165, 1.54) is 4.90 Å².